The maximum absolute atomic E-state index is 13.4. The number of aliphatic hydroxyl groups is 1. The van der Waals surface area contributed by atoms with E-state index in [2.05, 4.69) is 16.8 Å². The molecule has 0 unspecified atom stereocenters. The Morgan fingerprint density at radius 1 is 1.21 bits per heavy atom. The predicted octanol–water partition coefficient (Wildman–Crippen LogP) is 1.88. The van der Waals surface area contributed by atoms with Crippen molar-refractivity contribution in [2.45, 2.75) is 87.6 Å². The molecule has 2 saturated heterocycles. The minimum Gasteiger partial charge on any atom is -0.504 e. The van der Waals surface area contributed by atoms with E-state index < -0.39 is 11.0 Å². The zero-order valence-electron chi connectivity index (χ0n) is 20.1. The van der Waals surface area contributed by atoms with Gasteiger partial charge < -0.3 is 24.7 Å². The Bertz CT molecular complexity index is 981. The van der Waals surface area contributed by atoms with Crippen molar-refractivity contribution < 1.29 is 19.7 Å². The minimum absolute atomic E-state index is 0.0491. The van der Waals surface area contributed by atoms with Crippen LogP contribution in [0.1, 0.15) is 57.1 Å². The maximum atomic E-state index is 13.4. The highest BCUT2D eigenvalue weighted by molar-refractivity contribution is 5.82. The van der Waals surface area contributed by atoms with Crippen LogP contribution < -0.4 is 4.74 Å². The molecule has 33 heavy (non-hydrogen) atoms. The van der Waals surface area contributed by atoms with E-state index in [0.29, 0.717) is 12.2 Å². The Labute approximate surface area is 196 Å². The Morgan fingerprint density at radius 3 is 2.76 bits per heavy atom. The summed E-state index contributed by atoms with van der Waals surface area (Å²) >= 11 is 0. The number of nitrogens with zero attached hydrogens (tertiary/aromatic N) is 3. The molecule has 5 aliphatic rings. The first-order valence-corrected chi connectivity index (χ1v) is 12.9. The van der Waals surface area contributed by atoms with Gasteiger partial charge >= 0.3 is 0 Å². The first kappa shape index (κ1) is 21.7. The molecule has 7 nitrogen and oxygen atoms in total. The van der Waals surface area contributed by atoms with Crippen LogP contribution in [-0.4, -0.2) is 93.9 Å². The van der Waals surface area contributed by atoms with Crippen molar-refractivity contribution in [2.24, 2.45) is 0 Å². The molecule has 3 fully saturated rings. The molecule has 1 amide bonds. The second-order valence-electron chi connectivity index (χ2n) is 10.8. The van der Waals surface area contributed by atoms with Gasteiger partial charge in [0.2, 0.25) is 5.91 Å². The van der Waals surface area contributed by atoms with Gasteiger partial charge in [-0.05, 0) is 84.1 Å². The van der Waals surface area contributed by atoms with Gasteiger partial charge in [-0.2, -0.15) is 0 Å². The molecule has 2 N–H and O–H groups in total. The van der Waals surface area contributed by atoms with Gasteiger partial charge in [0.25, 0.3) is 0 Å². The second kappa shape index (κ2) is 7.33. The number of ether oxygens (including phenoxy) is 1. The van der Waals surface area contributed by atoms with Crippen molar-refractivity contribution in [1.82, 2.24) is 14.7 Å². The van der Waals surface area contributed by atoms with E-state index in [9.17, 15) is 15.0 Å². The van der Waals surface area contributed by atoms with E-state index in [1.54, 1.807) is 6.07 Å². The monoisotopic (exact) mass is 455 g/mol. The molecule has 1 spiro atoms. The highest BCUT2D eigenvalue weighted by atomic mass is 16.5. The molecule has 2 bridgehead atoms. The van der Waals surface area contributed by atoms with Crippen molar-refractivity contribution in [2.75, 3.05) is 33.2 Å². The average molecular weight is 456 g/mol. The molecule has 6 atom stereocenters. The van der Waals surface area contributed by atoms with E-state index >= 15 is 0 Å². The predicted molar refractivity (Wildman–Crippen MR) is 125 cm³/mol. The molecule has 180 valence electrons. The highest BCUT2D eigenvalue weighted by Crippen LogP contribution is 2.65. The fraction of sp³-hybridized carbons (Fsp3) is 0.731. The molecule has 6 rings (SSSR count). The fourth-order valence-corrected chi connectivity index (χ4v) is 8.26. The minimum atomic E-state index is -0.884. The van der Waals surface area contributed by atoms with E-state index in [4.69, 9.17) is 4.74 Å². The van der Waals surface area contributed by atoms with Gasteiger partial charge in [0.15, 0.2) is 11.5 Å². The lowest BCUT2D eigenvalue weighted by molar-refractivity contribution is -0.197. The number of carbonyl (C=O) groups excluding carboxylic acids is 1. The molecule has 2 aliphatic carbocycles. The molecule has 0 radical (unpaired) electrons. The highest BCUT2D eigenvalue weighted by Gasteiger charge is 2.73. The number of piperidine rings is 1. The van der Waals surface area contributed by atoms with Gasteiger partial charge in [-0.1, -0.05) is 6.07 Å². The van der Waals surface area contributed by atoms with Crippen molar-refractivity contribution in [3.8, 4) is 11.5 Å². The van der Waals surface area contributed by atoms with E-state index in [1.807, 2.05) is 24.8 Å². The first-order valence-electron chi connectivity index (χ1n) is 12.9. The van der Waals surface area contributed by atoms with Crippen LogP contribution in [0, 0.1) is 0 Å². The molecule has 1 aromatic carbocycles. The SMILES string of the molecule is CCN(CC)C(=O)[C@H]1CCCN1[C@@H]1CC[C@@]2(O)[C@@H]3Cc4ccc(O)c5c4[C@@]2(CCN3C)[C@H]1O5. The van der Waals surface area contributed by atoms with Crippen LogP contribution in [0.3, 0.4) is 0 Å². The number of hydrogen-bond acceptors (Lipinski definition) is 6. The summed E-state index contributed by atoms with van der Waals surface area (Å²) < 4.78 is 6.68. The molecular weight excluding hydrogens is 418 g/mol. The Kier molecular flexibility index (Phi) is 4.82. The molecule has 0 aromatic heterocycles. The van der Waals surface area contributed by atoms with Crippen LogP contribution >= 0.6 is 0 Å². The van der Waals surface area contributed by atoms with E-state index in [1.165, 1.54) is 5.56 Å². The van der Waals surface area contributed by atoms with Gasteiger partial charge in [0, 0.05) is 30.7 Å². The van der Waals surface area contributed by atoms with Crippen LogP contribution in [0.5, 0.6) is 11.5 Å². The molecule has 1 saturated carbocycles. The smallest absolute Gasteiger partial charge is 0.239 e. The molecule has 3 heterocycles. The summed E-state index contributed by atoms with van der Waals surface area (Å²) in [4.78, 5) is 20.1. The number of carbonyl (C=O) groups is 1. The van der Waals surface area contributed by atoms with Crippen LogP contribution in [0.15, 0.2) is 12.1 Å². The van der Waals surface area contributed by atoms with Gasteiger partial charge in [0.1, 0.15) is 6.10 Å². The van der Waals surface area contributed by atoms with Crippen molar-refractivity contribution in [3.63, 3.8) is 0 Å². The molecule has 3 aliphatic heterocycles. The van der Waals surface area contributed by atoms with E-state index in [-0.39, 0.29) is 35.9 Å². The van der Waals surface area contributed by atoms with E-state index in [0.717, 1.165) is 63.8 Å². The van der Waals surface area contributed by atoms with Crippen LogP contribution in [0.25, 0.3) is 0 Å². The number of likely N-dealkylation sites (N-methyl/N-ethyl adjacent to an activating group) is 2. The summed E-state index contributed by atoms with van der Waals surface area (Å²) in [5, 5.41) is 23.2. The first-order chi connectivity index (χ1) is 15.9. The molecule has 7 heteroatoms. The molecular formula is C26H37N3O4. The summed E-state index contributed by atoms with van der Waals surface area (Å²) in [7, 11) is 2.12. The van der Waals surface area contributed by atoms with Crippen LogP contribution in [0.2, 0.25) is 0 Å². The van der Waals surface area contributed by atoms with Gasteiger partial charge in [-0.25, -0.2) is 0 Å². The number of benzene rings is 1. The zero-order chi connectivity index (χ0) is 23.1. The number of rotatable bonds is 4. The van der Waals surface area contributed by atoms with Crippen LogP contribution in [-0.2, 0) is 16.6 Å². The Hall–Kier alpha value is -1.83. The number of phenolic OH excluding ortho intramolecular Hbond substituents is 1. The number of aromatic hydroxyl groups is 1. The van der Waals surface area contributed by atoms with Gasteiger partial charge in [-0.15, -0.1) is 0 Å². The third-order valence-electron chi connectivity index (χ3n) is 9.78. The summed E-state index contributed by atoms with van der Waals surface area (Å²) in [6.07, 6.45) is 4.73. The number of likely N-dealkylation sites (tertiary alicyclic amines) is 2. The number of phenols is 1. The summed E-state index contributed by atoms with van der Waals surface area (Å²) in [6, 6.07) is 3.76. The summed E-state index contributed by atoms with van der Waals surface area (Å²) in [5.41, 5.74) is 0.838. The van der Waals surface area contributed by atoms with Crippen LogP contribution in [0.4, 0.5) is 0 Å². The second-order valence-corrected chi connectivity index (χ2v) is 10.8. The lowest BCUT2D eigenvalue weighted by atomic mass is 9.48. The lowest BCUT2D eigenvalue weighted by Gasteiger charge is -2.64. The Balaban J connectivity index is 1.45. The maximum Gasteiger partial charge on any atom is 0.239 e. The Morgan fingerprint density at radius 2 is 2.00 bits per heavy atom. The molecule has 1 aromatic rings. The largest absolute Gasteiger partial charge is 0.504 e. The van der Waals surface area contributed by atoms with Crippen molar-refractivity contribution >= 4 is 5.91 Å². The van der Waals surface area contributed by atoms with Crippen molar-refractivity contribution in [1.29, 1.82) is 0 Å². The third-order valence-corrected chi connectivity index (χ3v) is 9.78. The summed E-state index contributed by atoms with van der Waals surface area (Å²) in [6.45, 7) is 7.32. The number of amides is 1. The lowest BCUT2D eigenvalue weighted by Crippen LogP contribution is -2.78. The normalized spacial score (nSPS) is 39.3. The average Bonchev–Trinajstić information content (AvgIpc) is 3.42. The quantitative estimate of drug-likeness (QED) is 0.722. The third kappa shape index (κ3) is 2.59. The fourth-order valence-electron chi connectivity index (χ4n) is 8.26. The zero-order valence-corrected chi connectivity index (χ0v) is 20.1. The number of hydrogen-bond donors (Lipinski definition) is 2. The standard InChI is InChI=1S/C26H37N3O4/c1-4-28(5-2)24(31)18-7-6-13-29(18)17-10-11-26(32)20-15-16-8-9-19(30)22-21(16)25(26,23(17)33-22)12-14-27(20)3/h8-9,17-18,20,23,30,32H,4-7,10-15H2,1-3H3/t17-,18-,20+,23+,25+,26-/m1/s1. The topological polar surface area (TPSA) is 76.5 Å². The summed E-state index contributed by atoms with van der Waals surface area (Å²) in [5.74, 6) is 0.976. The van der Waals surface area contributed by atoms with Crippen molar-refractivity contribution in [3.05, 3.63) is 23.3 Å². The van der Waals surface area contributed by atoms with Gasteiger partial charge in [-0.3, -0.25) is 9.69 Å². The van der Waals surface area contributed by atoms with Gasteiger partial charge in [0.05, 0.1) is 17.1 Å².